The summed E-state index contributed by atoms with van der Waals surface area (Å²) in [5.74, 6) is -0.0618. The molecule has 2 N–H and O–H groups in total. The first kappa shape index (κ1) is 11.6. The zero-order valence-electron chi connectivity index (χ0n) is 8.38. The molecule has 0 atom stereocenters. The van der Waals surface area contributed by atoms with E-state index in [-0.39, 0.29) is 18.2 Å². The summed E-state index contributed by atoms with van der Waals surface area (Å²) < 4.78 is 0. The van der Waals surface area contributed by atoms with Crippen molar-refractivity contribution < 1.29 is 9.90 Å². The Labute approximate surface area is 93.4 Å². The van der Waals surface area contributed by atoms with Gasteiger partial charge in [-0.3, -0.25) is 4.79 Å². The normalized spacial score (nSPS) is 9.73. The summed E-state index contributed by atoms with van der Waals surface area (Å²) in [5, 5.41) is 12.2. The smallest absolute Gasteiger partial charge is 0.251 e. The molecule has 1 aromatic rings. The molecule has 0 aliphatic carbocycles. The lowest BCUT2D eigenvalue weighted by atomic mass is 10.1. The number of benzene rings is 1. The molecule has 15 heavy (non-hydrogen) atoms. The zero-order valence-corrected chi connectivity index (χ0v) is 9.14. The van der Waals surface area contributed by atoms with Gasteiger partial charge in [-0.1, -0.05) is 18.2 Å². The first-order valence-electron chi connectivity index (χ1n) is 4.42. The van der Waals surface area contributed by atoms with E-state index in [2.05, 4.69) is 11.9 Å². The highest BCUT2D eigenvalue weighted by atomic mass is 35.5. The molecule has 0 aliphatic rings. The lowest BCUT2D eigenvalue weighted by Gasteiger charge is -2.05. The van der Waals surface area contributed by atoms with Crippen molar-refractivity contribution in [2.45, 2.75) is 6.92 Å². The van der Waals surface area contributed by atoms with E-state index in [0.29, 0.717) is 16.2 Å². The maximum atomic E-state index is 11.5. The quantitative estimate of drug-likeness (QED) is 0.829. The van der Waals surface area contributed by atoms with Gasteiger partial charge in [-0.25, -0.2) is 0 Å². The largest absolute Gasteiger partial charge is 0.508 e. The molecule has 0 unspecified atom stereocenters. The number of aromatic hydroxyl groups is 1. The average molecular weight is 226 g/mol. The summed E-state index contributed by atoms with van der Waals surface area (Å²) in [4.78, 5) is 11.5. The molecule has 0 fully saturated rings. The van der Waals surface area contributed by atoms with Gasteiger partial charge in [0.2, 0.25) is 0 Å². The number of phenolic OH excluding ortho intramolecular Hbond substituents is 1. The highest BCUT2D eigenvalue weighted by Crippen LogP contribution is 2.16. The third-order valence-electron chi connectivity index (χ3n) is 1.90. The highest BCUT2D eigenvalue weighted by molar-refractivity contribution is 6.29. The number of hydrogen-bond acceptors (Lipinski definition) is 2. The second-order valence-electron chi connectivity index (χ2n) is 3.20. The van der Waals surface area contributed by atoms with Crippen LogP contribution in [0.2, 0.25) is 0 Å². The summed E-state index contributed by atoms with van der Waals surface area (Å²) in [5.41, 5.74) is 1.15. The van der Waals surface area contributed by atoms with Crippen molar-refractivity contribution in [2.75, 3.05) is 6.54 Å². The van der Waals surface area contributed by atoms with Crippen molar-refractivity contribution >= 4 is 17.5 Å². The zero-order chi connectivity index (χ0) is 11.4. The van der Waals surface area contributed by atoms with E-state index in [1.807, 2.05) is 0 Å². The van der Waals surface area contributed by atoms with Crippen LogP contribution in [-0.4, -0.2) is 17.6 Å². The minimum atomic E-state index is -0.236. The molecule has 0 aromatic heterocycles. The van der Waals surface area contributed by atoms with Gasteiger partial charge in [-0.05, 0) is 30.7 Å². The topological polar surface area (TPSA) is 49.3 Å². The summed E-state index contributed by atoms with van der Waals surface area (Å²) in [7, 11) is 0. The Kier molecular flexibility index (Phi) is 3.74. The van der Waals surface area contributed by atoms with Gasteiger partial charge in [0.1, 0.15) is 5.75 Å². The van der Waals surface area contributed by atoms with Crippen molar-refractivity contribution in [3.05, 3.63) is 40.9 Å². The standard InChI is InChI=1S/C11H12ClNO2/c1-7-5-9(3-4-10(7)14)11(15)13-6-8(2)12/h3-5,14H,2,6H2,1H3,(H,13,15). The third kappa shape index (κ3) is 3.29. The van der Waals surface area contributed by atoms with Crippen LogP contribution in [0.4, 0.5) is 0 Å². The number of carbonyl (C=O) groups excluding carboxylic acids is 1. The van der Waals surface area contributed by atoms with Gasteiger partial charge < -0.3 is 10.4 Å². The van der Waals surface area contributed by atoms with Crippen LogP contribution in [0.15, 0.2) is 29.8 Å². The van der Waals surface area contributed by atoms with E-state index in [4.69, 9.17) is 11.6 Å². The van der Waals surface area contributed by atoms with E-state index in [9.17, 15) is 9.90 Å². The van der Waals surface area contributed by atoms with Crippen LogP contribution >= 0.6 is 11.6 Å². The predicted molar refractivity (Wildman–Crippen MR) is 60.2 cm³/mol. The average Bonchev–Trinajstić information content (AvgIpc) is 2.18. The van der Waals surface area contributed by atoms with Crippen LogP contribution in [0.3, 0.4) is 0 Å². The lowest BCUT2D eigenvalue weighted by molar-refractivity contribution is 0.0957. The van der Waals surface area contributed by atoms with Crippen molar-refractivity contribution in [3.63, 3.8) is 0 Å². The molecule has 1 amide bonds. The van der Waals surface area contributed by atoms with E-state index >= 15 is 0 Å². The Hall–Kier alpha value is -1.48. The van der Waals surface area contributed by atoms with Crippen LogP contribution < -0.4 is 5.32 Å². The van der Waals surface area contributed by atoms with Gasteiger partial charge in [-0.15, -0.1) is 0 Å². The first-order chi connectivity index (χ1) is 7.00. The SMILES string of the molecule is C=C(Cl)CNC(=O)c1ccc(O)c(C)c1. The van der Waals surface area contributed by atoms with Crippen molar-refractivity contribution in [3.8, 4) is 5.75 Å². The van der Waals surface area contributed by atoms with Crippen LogP contribution in [-0.2, 0) is 0 Å². The minimum Gasteiger partial charge on any atom is -0.508 e. The Morgan fingerprint density at radius 1 is 1.60 bits per heavy atom. The van der Waals surface area contributed by atoms with Gasteiger partial charge >= 0.3 is 0 Å². The van der Waals surface area contributed by atoms with E-state index in [1.54, 1.807) is 19.1 Å². The Morgan fingerprint density at radius 2 is 2.27 bits per heavy atom. The number of phenols is 1. The van der Waals surface area contributed by atoms with Crippen molar-refractivity contribution in [2.24, 2.45) is 0 Å². The second-order valence-corrected chi connectivity index (χ2v) is 3.74. The van der Waals surface area contributed by atoms with E-state index in [1.165, 1.54) is 6.07 Å². The number of rotatable bonds is 3. The molecule has 3 nitrogen and oxygen atoms in total. The Morgan fingerprint density at radius 3 is 2.80 bits per heavy atom. The van der Waals surface area contributed by atoms with Gasteiger partial charge in [0, 0.05) is 10.6 Å². The lowest BCUT2D eigenvalue weighted by Crippen LogP contribution is -2.24. The second kappa shape index (κ2) is 4.84. The molecule has 0 bridgehead atoms. The Bertz CT molecular complexity index is 402. The fourth-order valence-corrected chi connectivity index (χ4v) is 1.14. The maximum absolute atomic E-state index is 11.5. The maximum Gasteiger partial charge on any atom is 0.251 e. The monoisotopic (exact) mass is 225 g/mol. The van der Waals surface area contributed by atoms with Gasteiger partial charge in [0.15, 0.2) is 0 Å². The fourth-order valence-electron chi connectivity index (χ4n) is 1.07. The van der Waals surface area contributed by atoms with Crippen LogP contribution in [0.1, 0.15) is 15.9 Å². The van der Waals surface area contributed by atoms with Gasteiger partial charge in [-0.2, -0.15) is 0 Å². The molecule has 0 saturated carbocycles. The van der Waals surface area contributed by atoms with Crippen LogP contribution in [0.25, 0.3) is 0 Å². The summed E-state index contributed by atoms with van der Waals surface area (Å²) >= 11 is 5.52. The number of halogens is 1. The number of amides is 1. The third-order valence-corrected chi connectivity index (χ3v) is 2.03. The van der Waals surface area contributed by atoms with E-state index in [0.717, 1.165) is 0 Å². The molecule has 0 aliphatic heterocycles. The van der Waals surface area contributed by atoms with E-state index < -0.39 is 0 Å². The number of hydrogen-bond donors (Lipinski definition) is 2. The molecule has 0 saturated heterocycles. The van der Waals surface area contributed by atoms with Crippen molar-refractivity contribution in [1.29, 1.82) is 0 Å². The number of nitrogens with one attached hydrogen (secondary N) is 1. The molecule has 0 heterocycles. The summed E-state index contributed by atoms with van der Waals surface area (Å²) in [6.07, 6.45) is 0. The van der Waals surface area contributed by atoms with Crippen molar-refractivity contribution in [1.82, 2.24) is 5.32 Å². The molecule has 1 rings (SSSR count). The number of carbonyl (C=O) groups is 1. The first-order valence-corrected chi connectivity index (χ1v) is 4.79. The predicted octanol–water partition coefficient (Wildman–Crippen LogP) is 2.18. The van der Waals surface area contributed by atoms with Gasteiger partial charge in [0.05, 0.1) is 6.54 Å². The fraction of sp³-hybridized carbons (Fsp3) is 0.182. The minimum absolute atomic E-state index is 0.174. The molecular formula is C11H12ClNO2. The number of aryl methyl sites for hydroxylation is 1. The molecule has 1 aromatic carbocycles. The van der Waals surface area contributed by atoms with Gasteiger partial charge in [0.25, 0.3) is 5.91 Å². The molecule has 4 heteroatoms. The molecule has 0 spiro atoms. The summed E-state index contributed by atoms with van der Waals surface area (Å²) in [6, 6.07) is 4.65. The highest BCUT2D eigenvalue weighted by Gasteiger charge is 2.06. The molecule has 80 valence electrons. The van der Waals surface area contributed by atoms with Crippen LogP contribution in [0, 0.1) is 6.92 Å². The van der Waals surface area contributed by atoms with Crippen LogP contribution in [0.5, 0.6) is 5.75 Å². The summed E-state index contributed by atoms with van der Waals surface area (Å²) in [6.45, 7) is 5.43. The Balaban J connectivity index is 2.74. The molecular weight excluding hydrogens is 214 g/mol. The molecule has 0 radical (unpaired) electrons.